The van der Waals surface area contributed by atoms with Crippen molar-refractivity contribution in [2.24, 2.45) is 0 Å². The van der Waals surface area contributed by atoms with Crippen molar-refractivity contribution in [3.63, 3.8) is 0 Å². The van der Waals surface area contributed by atoms with Gasteiger partial charge in [0.2, 0.25) is 0 Å². The molecule has 3 amide bonds. The highest BCUT2D eigenvalue weighted by Gasteiger charge is 2.26. The molecule has 0 saturated heterocycles. The molecule has 0 spiro atoms. The first-order valence-electron chi connectivity index (χ1n) is 11.6. The maximum Gasteiger partial charge on any atom is 0.326 e. The maximum atomic E-state index is 13.0. The van der Waals surface area contributed by atoms with E-state index in [1.807, 2.05) is 44.3 Å². The molecular formula is C27H27N5O2S. The van der Waals surface area contributed by atoms with Crippen LogP contribution in [0.1, 0.15) is 27.2 Å². The van der Waals surface area contributed by atoms with E-state index in [9.17, 15) is 9.59 Å². The van der Waals surface area contributed by atoms with Gasteiger partial charge in [-0.1, -0.05) is 18.2 Å². The molecule has 0 saturated carbocycles. The largest absolute Gasteiger partial charge is 0.361 e. The lowest BCUT2D eigenvalue weighted by Crippen LogP contribution is -2.39. The lowest BCUT2D eigenvalue weighted by atomic mass is 10.1. The number of pyridine rings is 1. The Morgan fingerprint density at radius 3 is 2.74 bits per heavy atom. The van der Waals surface area contributed by atoms with Crippen LogP contribution < -0.4 is 15.5 Å². The molecule has 2 aromatic carbocycles. The van der Waals surface area contributed by atoms with Gasteiger partial charge in [-0.2, -0.15) is 0 Å². The van der Waals surface area contributed by atoms with Crippen molar-refractivity contribution in [1.82, 2.24) is 15.3 Å². The summed E-state index contributed by atoms with van der Waals surface area (Å²) in [5, 5.41) is 8.00. The number of carbonyl (C=O) groups is 2. The number of rotatable bonds is 5. The molecule has 0 unspecified atom stereocenters. The van der Waals surface area contributed by atoms with Gasteiger partial charge in [-0.25, -0.2) is 9.78 Å². The van der Waals surface area contributed by atoms with Crippen molar-refractivity contribution < 1.29 is 9.59 Å². The number of nitrogens with one attached hydrogen (secondary N) is 3. The first-order chi connectivity index (χ1) is 17.0. The molecular weight excluding hydrogens is 458 g/mol. The summed E-state index contributed by atoms with van der Waals surface area (Å²) in [6.07, 6.45) is 2.74. The van der Waals surface area contributed by atoms with Gasteiger partial charge in [-0.05, 0) is 67.8 Å². The van der Waals surface area contributed by atoms with Gasteiger partial charge in [-0.15, -0.1) is 11.8 Å². The Hall–Kier alpha value is -3.78. The van der Waals surface area contributed by atoms with Gasteiger partial charge in [0.25, 0.3) is 5.91 Å². The molecule has 0 atom stereocenters. The van der Waals surface area contributed by atoms with Crippen LogP contribution >= 0.6 is 11.8 Å². The van der Waals surface area contributed by atoms with Crippen LogP contribution in [0.3, 0.4) is 0 Å². The maximum absolute atomic E-state index is 13.0. The Labute approximate surface area is 208 Å². The summed E-state index contributed by atoms with van der Waals surface area (Å²) in [6.45, 7) is 5.13. The predicted molar refractivity (Wildman–Crippen MR) is 142 cm³/mol. The monoisotopic (exact) mass is 485 g/mol. The number of para-hydroxylation sites is 1. The standard InChI is InChI=1S/C27H27N5O2S/c1-17-15-18(2)30-26-24(17)32(13-14-35-26)27(34)31-21-9-7-19(8-10-21)25(33)28-12-11-20-16-29-23-6-4-3-5-22(20)23/h3-10,15-16,29H,11-14H2,1-2H3,(H,28,33)(H,31,34). The summed E-state index contributed by atoms with van der Waals surface area (Å²) in [6, 6.07) is 16.9. The number of thioether (sulfide) groups is 1. The number of carbonyl (C=O) groups excluding carboxylic acids is 2. The molecule has 0 aliphatic carbocycles. The second kappa shape index (κ2) is 9.84. The van der Waals surface area contributed by atoms with Crippen LogP contribution in [-0.2, 0) is 6.42 Å². The summed E-state index contributed by atoms with van der Waals surface area (Å²) < 4.78 is 0. The third kappa shape index (κ3) is 4.88. The third-order valence-corrected chi connectivity index (χ3v) is 7.05. The summed E-state index contributed by atoms with van der Waals surface area (Å²) in [5.41, 5.74) is 6.33. The quantitative estimate of drug-likeness (QED) is 0.358. The van der Waals surface area contributed by atoms with Crippen molar-refractivity contribution >= 4 is 46.0 Å². The fourth-order valence-electron chi connectivity index (χ4n) is 4.42. The van der Waals surface area contributed by atoms with Gasteiger partial charge in [-0.3, -0.25) is 9.69 Å². The van der Waals surface area contributed by atoms with Gasteiger partial charge < -0.3 is 15.6 Å². The highest BCUT2D eigenvalue weighted by atomic mass is 32.2. The summed E-state index contributed by atoms with van der Waals surface area (Å²) in [5.74, 6) is 0.662. The van der Waals surface area contributed by atoms with Crippen molar-refractivity contribution in [2.45, 2.75) is 25.3 Å². The van der Waals surface area contributed by atoms with Crippen molar-refractivity contribution in [2.75, 3.05) is 29.1 Å². The van der Waals surface area contributed by atoms with Crippen LogP contribution in [-0.4, -0.2) is 40.7 Å². The van der Waals surface area contributed by atoms with E-state index < -0.39 is 0 Å². The number of aryl methyl sites for hydroxylation is 2. The van der Waals surface area contributed by atoms with E-state index in [1.54, 1.807) is 40.9 Å². The zero-order chi connectivity index (χ0) is 24.4. The minimum absolute atomic E-state index is 0.137. The lowest BCUT2D eigenvalue weighted by Gasteiger charge is -2.30. The van der Waals surface area contributed by atoms with Crippen molar-refractivity contribution in [3.8, 4) is 0 Å². The number of H-pyrrole nitrogens is 1. The van der Waals surface area contributed by atoms with Gasteiger partial charge in [0.05, 0.1) is 5.69 Å². The number of fused-ring (bicyclic) bond motifs is 2. The SMILES string of the molecule is Cc1cc(C)c2c(n1)SCCN2C(=O)Nc1ccc(C(=O)NCCc2c[nH]c3ccccc23)cc1. The van der Waals surface area contributed by atoms with E-state index in [1.165, 1.54) is 10.9 Å². The zero-order valence-corrected chi connectivity index (χ0v) is 20.5. The molecule has 1 aliphatic heterocycles. The third-order valence-electron chi connectivity index (χ3n) is 6.10. The molecule has 8 heteroatoms. The van der Waals surface area contributed by atoms with Crippen molar-refractivity contribution in [1.29, 1.82) is 0 Å². The minimum atomic E-state index is -0.198. The van der Waals surface area contributed by atoms with Crippen LogP contribution in [0.15, 0.2) is 65.8 Å². The van der Waals surface area contributed by atoms with Gasteiger partial charge in [0.15, 0.2) is 0 Å². The van der Waals surface area contributed by atoms with E-state index in [2.05, 4.69) is 26.7 Å². The minimum Gasteiger partial charge on any atom is -0.361 e. The van der Waals surface area contributed by atoms with Crippen LogP contribution in [0.2, 0.25) is 0 Å². The number of aromatic amines is 1. The summed E-state index contributed by atoms with van der Waals surface area (Å²) >= 11 is 1.68. The number of hydrogen-bond donors (Lipinski definition) is 3. The molecule has 5 rings (SSSR count). The first-order valence-corrected chi connectivity index (χ1v) is 12.6. The van der Waals surface area contributed by atoms with Crippen LogP contribution in [0.4, 0.5) is 16.2 Å². The second-order valence-electron chi connectivity index (χ2n) is 8.61. The normalized spacial score (nSPS) is 12.9. The van der Waals surface area contributed by atoms with Crippen LogP contribution in [0.25, 0.3) is 10.9 Å². The van der Waals surface area contributed by atoms with Crippen molar-refractivity contribution in [3.05, 3.63) is 83.2 Å². The first kappa shape index (κ1) is 23.0. The van der Waals surface area contributed by atoms with Crippen LogP contribution in [0.5, 0.6) is 0 Å². The zero-order valence-electron chi connectivity index (χ0n) is 19.7. The highest BCUT2D eigenvalue weighted by molar-refractivity contribution is 7.99. The predicted octanol–water partition coefficient (Wildman–Crippen LogP) is 5.30. The Bertz CT molecular complexity index is 1400. The number of anilines is 2. The topological polar surface area (TPSA) is 90.1 Å². The van der Waals surface area contributed by atoms with E-state index in [0.29, 0.717) is 24.3 Å². The molecule has 35 heavy (non-hydrogen) atoms. The number of benzene rings is 2. The van der Waals surface area contributed by atoms with E-state index in [4.69, 9.17) is 0 Å². The van der Waals surface area contributed by atoms with Crippen LogP contribution in [0, 0.1) is 13.8 Å². The average Bonchev–Trinajstić information content (AvgIpc) is 3.27. The number of amides is 3. The van der Waals surface area contributed by atoms with Gasteiger partial charge in [0, 0.05) is 52.9 Å². The molecule has 0 bridgehead atoms. The second-order valence-corrected chi connectivity index (χ2v) is 9.69. The molecule has 1 aliphatic rings. The molecule has 3 heterocycles. The number of aromatic nitrogens is 2. The summed E-state index contributed by atoms with van der Waals surface area (Å²) in [4.78, 5) is 35.2. The molecule has 3 N–H and O–H groups in total. The molecule has 178 valence electrons. The average molecular weight is 486 g/mol. The lowest BCUT2D eigenvalue weighted by molar-refractivity contribution is 0.0954. The molecule has 7 nitrogen and oxygen atoms in total. The van der Waals surface area contributed by atoms with Gasteiger partial charge in [0.1, 0.15) is 5.03 Å². The Morgan fingerprint density at radius 2 is 1.91 bits per heavy atom. The fraction of sp³-hybridized carbons (Fsp3) is 0.222. The van der Waals surface area contributed by atoms with E-state index in [-0.39, 0.29) is 11.9 Å². The Morgan fingerprint density at radius 1 is 1.11 bits per heavy atom. The number of nitrogens with zero attached hydrogens (tertiary/aromatic N) is 2. The molecule has 2 aromatic heterocycles. The molecule has 0 fully saturated rings. The van der Waals surface area contributed by atoms with Gasteiger partial charge >= 0.3 is 6.03 Å². The smallest absolute Gasteiger partial charge is 0.326 e. The number of hydrogen-bond acceptors (Lipinski definition) is 4. The fourth-order valence-corrected chi connectivity index (χ4v) is 5.50. The molecule has 4 aromatic rings. The summed E-state index contributed by atoms with van der Waals surface area (Å²) in [7, 11) is 0. The Kier molecular flexibility index (Phi) is 6.46. The highest BCUT2D eigenvalue weighted by Crippen LogP contribution is 2.36. The molecule has 0 radical (unpaired) electrons. The number of urea groups is 1. The van der Waals surface area contributed by atoms with E-state index >= 15 is 0 Å². The Balaban J connectivity index is 1.19. The van der Waals surface area contributed by atoms with E-state index in [0.717, 1.165) is 39.7 Å².